The van der Waals surface area contributed by atoms with Crippen LogP contribution < -0.4 is 5.32 Å². The van der Waals surface area contributed by atoms with Crippen LogP contribution in [0.3, 0.4) is 0 Å². The third-order valence-electron chi connectivity index (χ3n) is 3.77. The summed E-state index contributed by atoms with van der Waals surface area (Å²) in [5.41, 5.74) is 0. The average Bonchev–Trinajstić information content (AvgIpc) is 2.80. The molecule has 4 nitrogen and oxygen atoms in total. The van der Waals surface area contributed by atoms with Crippen LogP contribution in [-0.2, 0) is 6.42 Å². The van der Waals surface area contributed by atoms with Gasteiger partial charge in [-0.1, -0.05) is 20.8 Å². The molecule has 1 heterocycles. The summed E-state index contributed by atoms with van der Waals surface area (Å²) in [5, 5.41) is 7.95. The number of rotatable bonds is 8. The molecule has 1 aromatic rings. The molecule has 2 atom stereocenters. The zero-order chi connectivity index (χ0) is 14.4. The molecule has 0 bridgehead atoms. The van der Waals surface area contributed by atoms with Gasteiger partial charge in [-0.25, -0.2) is 9.67 Å². The molecule has 0 amide bonds. The Bertz CT molecular complexity index is 357. The highest BCUT2D eigenvalue weighted by molar-refractivity contribution is 4.92. The van der Waals surface area contributed by atoms with Gasteiger partial charge in [-0.05, 0) is 45.6 Å². The number of nitrogens with one attached hydrogen (secondary N) is 1. The fourth-order valence-electron chi connectivity index (χ4n) is 2.58. The van der Waals surface area contributed by atoms with E-state index in [2.05, 4.69) is 56.9 Å². The average molecular weight is 266 g/mol. The summed E-state index contributed by atoms with van der Waals surface area (Å²) < 4.78 is 2.04. The minimum atomic E-state index is 0.379. The van der Waals surface area contributed by atoms with Gasteiger partial charge in [0.05, 0.1) is 0 Å². The summed E-state index contributed by atoms with van der Waals surface area (Å²) in [6, 6.07) is 0.890. The molecule has 1 aromatic heterocycles. The monoisotopic (exact) mass is 266 g/mol. The second kappa shape index (κ2) is 7.63. The first-order chi connectivity index (χ1) is 8.97. The predicted molar refractivity (Wildman–Crippen MR) is 80.2 cm³/mol. The van der Waals surface area contributed by atoms with E-state index in [1.165, 1.54) is 6.42 Å². The van der Waals surface area contributed by atoms with Crippen LogP contribution in [0.15, 0.2) is 6.33 Å². The lowest BCUT2D eigenvalue weighted by atomic mass is 9.86. The second-order valence-corrected chi connectivity index (χ2v) is 6.07. The Hall–Kier alpha value is -0.900. The minimum absolute atomic E-state index is 0.379. The Labute approximate surface area is 118 Å². The Balaban J connectivity index is 2.75. The van der Waals surface area contributed by atoms with Crippen molar-refractivity contribution in [3.05, 3.63) is 12.2 Å². The van der Waals surface area contributed by atoms with Gasteiger partial charge in [0, 0.05) is 18.5 Å². The Morgan fingerprint density at radius 2 is 1.89 bits per heavy atom. The van der Waals surface area contributed by atoms with E-state index >= 15 is 0 Å². The summed E-state index contributed by atoms with van der Waals surface area (Å²) >= 11 is 0. The molecule has 110 valence electrons. The van der Waals surface area contributed by atoms with Crippen LogP contribution in [0, 0.1) is 11.8 Å². The molecule has 0 saturated heterocycles. The van der Waals surface area contributed by atoms with Crippen molar-refractivity contribution in [2.45, 2.75) is 66.5 Å². The van der Waals surface area contributed by atoms with Crippen molar-refractivity contribution in [3.8, 4) is 0 Å². The molecule has 0 spiro atoms. The summed E-state index contributed by atoms with van der Waals surface area (Å²) in [5.74, 6) is 2.34. The van der Waals surface area contributed by atoms with Crippen LogP contribution in [0.1, 0.15) is 59.8 Å². The molecule has 4 heteroatoms. The Morgan fingerprint density at radius 1 is 1.21 bits per heavy atom. The summed E-state index contributed by atoms with van der Waals surface area (Å²) in [6.07, 6.45) is 3.85. The SMILES string of the molecule is CCCNC(C)C(Cc1ncnn1C(C)C)C(C)C. The van der Waals surface area contributed by atoms with Gasteiger partial charge in [-0.2, -0.15) is 5.10 Å². The molecule has 1 N–H and O–H groups in total. The Kier molecular flexibility index (Phi) is 6.49. The predicted octanol–water partition coefficient (Wildman–Crippen LogP) is 3.06. The molecule has 2 unspecified atom stereocenters. The van der Waals surface area contributed by atoms with Crippen molar-refractivity contribution in [1.29, 1.82) is 0 Å². The van der Waals surface area contributed by atoms with Crippen LogP contribution in [0.2, 0.25) is 0 Å². The standard InChI is InChI=1S/C15H30N4/c1-7-8-16-13(6)14(11(2)3)9-15-17-10-18-19(15)12(4)5/h10-14,16H,7-9H2,1-6H3. The van der Waals surface area contributed by atoms with Crippen LogP contribution in [-0.4, -0.2) is 27.4 Å². The van der Waals surface area contributed by atoms with Gasteiger partial charge >= 0.3 is 0 Å². The third-order valence-corrected chi connectivity index (χ3v) is 3.77. The first-order valence-corrected chi connectivity index (χ1v) is 7.59. The van der Waals surface area contributed by atoms with E-state index in [4.69, 9.17) is 0 Å². The zero-order valence-electron chi connectivity index (χ0n) is 13.3. The number of hydrogen-bond donors (Lipinski definition) is 1. The highest BCUT2D eigenvalue weighted by atomic mass is 15.3. The molecule has 0 aromatic carbocycles. The minimum Gasteiger partial charge on any atom is -0.314 e. The molecular formula is C15H30N4. The van der Waals surface area contributed by atoms with Crippen molar-refractivity contribution in [2.75, 3.05) is 6.54 Å². The van der Waals surface area contributed by atoms with E-state index in [9.17, 15) is 0 Å². The van der Waals surface area contributed by atoms with Gasteiger partial charge in [0.2, 0.25) is 0 Å². The van der Waals surface area contributed by atoms with Crippen LogP contribution in [0.25, 0.3) is 0 Å². The third kappa shape index (κ3) is 4.60. The van der Waals surface area contributed by atoms with Crippen molar-refractivity contribution in [2.24, 2.45) is 11.8 Å². The first-order valence-electron chi connectivity index (χ1n) is 7.59. The smallest absolute Gasteiger partial charge is 0.138 e. The quantitative estimate of drug-likeness (QED) is 0.786. The fraction of sp³-hybridized carbons (Fsp3) is 0.867. The van der Waals surface area contributed by atoms with Crippen LogP contribution in [0.5, 0.6) is 0 Å². The number of nitrogens with zero attached hydrogens (tertiary/aromatic N) is 3. The van der Waals surface area contributed by atoms with Gasteiger partial charge < -0.3 is 5.32 Å². The van der Waals surface area contributed by atoms with E-state index in [-0.39, 0.29) is 0 Å². The van der Waals surface area contributed by atoms with Crippen molar-refractivity contribution >= 4 is 0 Å². The molecule has 0 fully saturated rings. The lowest BCUT2D eigenvalue weighted by Gasteiger charge is -2.28. The fourth-order valence-corrected chi connectivity index (χ4v) is 2.58. The normalized spacial score (nSPS) is 15.2. The molecular weight excluding hydrogens is 236 g/mol. The maximum Gasteiger partial charge on any atom is 0.138 e. The number of aromatic nitrogens is 3. The van der Waals surface area contributed by atoms with E-state index in [1.54, 1.807) is 6.33 Å². The largest absolute Gasteiger partial charge is 0.314 e. The maximum atomic E-state index is 4.45. The van der Waals surface area contributed by atoms with E-state index < -0.39 is 0 Å². The maximum absolute atomic E-state index is 4.45. The van der Waals surface area contributed by atoms with Gasteiger partial charge in [-0.3, -0.25) is 0 Å². The molecule has 0 saturated carbocycles. The van der Waals surface area contributed by atoms with Crippen molar-refractivity contribution in [3.63, 3.8) is 0 Å². The highest BCUT2D eigenvalue weighted by Gasteiger charge is 2.23. The Morgan fingerprint density at radius 3 is 2.42 bits per heavy atom. The van der Waals surface area contributed by atoms with E-state index in [0.29, 0.717) is 23.9 Å². The molecule has 0 aliphatic heterocycles. The second-order valence-electron chi connectivity index (χ2n) is 6.07. The van der Waals surface area contributed by atoms with Gasteiger partial charge in [-0.15, -0.1) is 0 Å². The highest BCUT2D eigenvalue weighted by Crippen LogP contribution is 2.21. The molecule has 0 aliphatic carbocycles. The topological polar surface area (TPSA) is 42.7 Å². The summed E-state index contributed by atoms with van der Waals surface area (Å²) in [4.78, 5) is 4.45. The summed E-state index contributed by atoms with van der Waals surface area (Å²) in [6.45, 7) is 14.5. The van der Waals surface area contributed by atoms with Gasteiger partial charge in [0.1, 0.15) is 12.2 Å². The lowest BCUT2D eigenvalue weighted by molar-refractivity contribution is 0.279. The van der Waals surface area contributed by atoms with E-state index in [1.807, 2.05) is 4.68 Å². The van der Waals surface area contributed by atoms with E-state index in [0.717, 1.165) is 18.8 Å². The lowest BCUT2D eigenvalue weighted by Crippen LogP contribution is -2.38. The first kappa shape index (κ1) is 16.2. The molecule has 1 rings (SSSR count). The van der Waals surface area contributed by atoms with Gasteiger partial charge in [0.25, 0.3) is 0 Å². The van der Waals surface area contributed by atoms with Crippen molar-refractivity contribution in [1.82, 2.24) is 20.1 Å². The number of hydrogen-bond acceptors (Lipinski definition) is 3. The summed E-state index contributed by atoms with van der Waals surface area (Å²) in [7, 11) is 0. The van der Waals surface area contributed by atoms with Gasteiger partial charge in [0.15, 0.2) is 0 Å². The van der Waals surface area contributed by atoms with Crippen LogP contribution >= 0.6 is 0 Å². The zero-order valence-corrected chi connectivity index (χ0v) is 13.3. The van der Waals surface area contributed by atoms with Crippen LogP contribution in [0.4, 0.5) is 0 Å². The molecule has 19 heavy (non-hydrogen) atoms. The van der Waals surface area contributed by atoms with Crippen molar-refractivity contribution < 1.29 is 0 Å². The molecule has 0 radical (unpaired) electrons. The molecule has 0 aliphatic rings.